The Labute approximate surface area is 106 Å². The van der Waals surface area contributed by atoms with Crippen LogP contribution in [0.1, 0.15) is 24.8 Å². The van der Waals surface area contributed by atoms with E-state index in [-0.39, 0.29) is 0 Å². The van der Waals surface area contributed by atoms with E-state index in [9.17, 15) is 0 Å². The second-order valence-electron chi connectivity index (χ2n) is 3.98. The summed E-state index contributed by atoms with van der Waals surface area (Å²) in [6, 6.07) is 6.08. The van der Waals surface area contributed by atoms with Gasteiger partial charge in [0.25, 0.3) is 0 Å². The average Bonchev–Trinajstić information content (AvgIpc) is 2.71. The van der Waals surface area contributed by atoms with Crippen molar-refractivity contribution in [2.24, 2.45) is 5.73 Å². The molecule has 0 aliphatic carbocycles. The van der Waals surface area contributed by atoms with Gasteiger partial charge in [-0.1, -0.05) is 6.92 Å². The number of fused-ring (bicyclic) bond motifs is 1. The van der Waals surface area contributed by atoms with Crippen LogP contribution in [-0.2, 0) is 6.42 Å². The van der Waals surface area contributed by atoms with Gasteiger partial charge in [-0.3, -0.25) is 0 Å². The third-order valence-corrected chi connectivity index (χ3v) is 3.56. The molecule has 0 atom stereocenters. The molecule has 0 amide bonds. The first kappa shape index (κ1) is 12.3. The molecule has 0 spiro atoms. The first-order valence-corrected chi connectivity index (χ1v) is 6.87. The van der Waals surface area contributed by atoms with Crippen molar-refractivity contribution >= 4 is 21.6 Å². The summed E-state index contributed by atoms with van der Waals surface area (Å²) < 4.78 is 6.83. The monoisotopic (exact) mass is 250 g/mol. The molecule has 17 heavy (non-hydrogen) atoms. The zero-order valence-electron chi connectivity index (χ0n) is 10.1. The van der Waals surface area contributed by atoms with Crippen molar-refractivity contribution in [2.45, 2.75) is 26.2 Å². The van der Waals surface area contributed by atoms with Crippen LogP contribution in [-0.4, -0.2) is 18.1 Å². The zero-order chi connectivity index (χ0) is 12.1. The van der Waals surface area contributed by atoms with Crippen LogP contribution in [0.5, 0.6) is 5.75 Å². The highest BCUT2D eigenvalue weighted by molar-refractivity contribution is 7.18. The SMILES string of the molecule is CCCc1nc2ccc(OCCCN)cc2s1. The molecule has 0 saturated carbocycles. The van der Waals surface area contributed by atoms with Crippen molar-refractivity contribution in [2.75, 3.05) is 13.2 Å². The quantitative estimate of drug-likeness (QED) is 0.802. The number of ether oxygens (including phenoxy) is 1. The first-order valence-electron chi connectivity index (χ1n) is 6.06. The van der Waals surface area contributed by atoms with Gasteiger partial charge in [-0.05, 0) is 44.0 Å². The van der Waals surface area contributed by atoms with E-state index in [4.69, 9.17) is 10.5 Å². The molecule has 0 aliphatic heterocycles. The summed E-state index contributed by atoms with van der Waals surface area (Å²) in [4.78, 5) is 4.58. The Morgan fingerprint density at radius 3 is 3.06 bits per heavy atom. The van der Waals surface area contributed by atoms with Gasteiger partial charge in [0.05, 0.1) is 21.8 Å². The van der Waals surface area contributed by atoms with E-state index in [2.05, 4.69) is 18.0 Å². The molecule has 1 aromatic carbocycles. The molecule has 0 aliphatic rings. The van der Waals surface area contributed by atoms with Gasteiger partial charge in [0.15, 0.2) is 0 Å². The molecule has 3 nitrogen and oxygen atoms in total. The maximum absolute atomic E-state index is 5.62. The number of benzene rings is 1. The molecule has 0 bridgehead atoms. The second kappa shape index (κ2) is 5.98. The molecule has 2 rings (SSSR count). The summed E-state index contributed by atoms with van der Waals surface area (Å²) in [6.45, 7) is 3.53. The summed E-state index contributed by atoms with van der Waals surface area (Å²) in [5, 5.41) is 1.21. The Balaban J connectivity index is 2.12. The fourth-order valence-electron chi connectivity index (χ4n) is 1.64. The number of aromatic nitrogens is 1. The molecule has 0 saturated heterocycles. The Morgan fingerprint density at radius 1 is 1.41 bits per heavy atom. The topological polar surface area (TPSA) is 48.1 Å². The Morgan fingerprint density at radius 2 is 2.29 bits per heavy atom. The van der Waals surface area contributed by atoms with Crippen LogP contribution in [0.25, 0.3) is 10.2 Å². The zero-order valence-corrected chi connectivity index (χ0v) is 10.9. The van der Waals surface area contributed by atoms with Crippen LogP contribution in [0.4, 0.5) is 0 Å². The van der Waals surface area contributed by atoms with Crippen molar-refractivity contribution in [3.8, 4) is 5.75 Å². The molecule has 1 aromatic heterocycles. The molecule has 2 N–H and O–H groups in total. The van der Waals surface area contributed by atoms with Crippen molar-refractivity contribution in [3.63, 3.8) is 0 Å². The van der Waals surface area contributed by atoms with Crippen molar-refractivity contribution in [1.82, 2.24) is 4.98 Å². The minimum Gasteiger partial charge on any atom is -0.493 e. The fraction of sp³-hybridized carbons (Fsp3) is 0.462. The lowest BCUT2D eigenvalue weighted by Crippen LogP contribution is -2.05. The minimum absolute atomic E-state index is 0.670. The molecular weight excluding hydrogens is 232 g/mol. The van der Waals surface area contributed by atoms with Gasteiger partial charge in [-0.15, -0.1) is 11.3 Å². The van der Waals surface area contributed by atoms with Crippen molar-refractivity contribution in [1.29, 1.82) is 0 Å². The number of hydrogen-bond acceptors (Lipinski definition) is 4. The van der Waals surface area contributed by atoms with Crippen LogP contribution in [0.3, 0.4) is 0 Å². The van der Waals surface area contributed by atoms with E-state index in [1.54, 1.807) is 11.3 Å². The van der Waals surface area contributed by atoms with E-state index >= 15 is 0 Å². The van der Waals surface area contributed by atoms with Crippen LogP contribution in [0.15, 0.2) is 18.2 Å². The second-order valence-corrected chi connectivity index (χ2v) is 5.09. The molecular formula is C13H18N2OS. The third kappa shape index (κ3) is 3.17. The molecule has 2 aromatic rings. The normalized spacial score (nSPS) is 10.9. The van der Waals surface area contributed by atoms with E-state index in [1.165, 1.54) is 9.71 Å². The lowest BCUT2D eigenvalue weighted by atomic mass is 10.3. The molecule has 0 radical (unpaired) electrons. The van der Waals surface area contributed by atoms with Crippen molar-refractivity contribution < 1.29 is 4.74 Å². The highest BCUT2D eigenvalue weighted by atomic mass is 32.1. The number of hydrogen-bond donors (Lipinski definition) is 1. The summed E-state index contributed by atoms with van der Waals surface area (Å²) in [5.74, 6) is 0.914. The minimum atomic E-state index is 0.670. The van der Waals surface area contributed by atoms with Crippen molar-refractivity contribution in [3.05, 3.63) is 23.2 Å². The highest BCUT2D eigenvalue weighted by Gasteiger charge is 2.04. The van der Waals surface area contributed by atoms with Gasteiger partial charge in [-0.25, -0.2) is 4.98 Å². The Hall–Kier alpha value is -1.13. The largest absolute Gasteiger partial charge is 0.493 e. The molecule has 92 valence electrons. The number of nitrogens with two attached hydrogens (primary N) is 1. The van der Waals surface area contributed by atoms with Crippen LogP contribution in [0, 0.1) is 0 Å². The Bertz CT molecular complexity index is 481. The number of thiazole rings is 1. The number of rotatable bonds is 6. The fourth-order valence-corrected chi connectivity index (χ4v) is 2.73. The molecule has 4 heteroatoms. The third-order valence-electron chi connectivity index (χ3n) is 2.49. The summed E-state index contributed by atoms with van der Waals surface area (Å²) >= 11 is 1.76. The lowest BCUT2D eigenvalue weighted by molar-refractivity contribution is 0.314. The maximum Gasteiger partial charge on any atom is 0.120 e. The molecule has 0 unspecified atom stereocenters. The summed E-state index contributed by atoms with van der Waals surface area (Å²) in [6.07, 6.45) is 3.09. The van der Waals surface area contributed by atoms with Crippen LogP contribution >= 0.6 is 11.3 Å². The van der Waals surface area contributed by atoms with Gasteiger partial charge in [0, 0.05) is 0 Å². The standard InChI is InChI=1S/C13H18N2OS/c1-2-4-13-15-11-6-5-10(9-12(11)17-13)16-8-3-7-14/h5-6,9H,2-4,7-8,14H2,1H3. The van der Waals surface area contributed by atoms with E-state index in [0.29, 0.717) is 13.2 Å². The van der Waals surface area contributed by atoms with Crippen LogP contribution < -0.4 is 10.5 Å². The van der Waals surface area contributed by atoms with Gasteiger partial charge >= 0.3 is 0 Å². The lowest BCUT2D eigenvalue weighted by Gasteiger charge is -2.04. The molecule has 1 heterocycles. The highest BCUT2D eigenvalue weighted by Crippen LogP contribution is 2.27. The predicted octanol–water partition coefficient (Wildman–Crippen LogP) is 2.98. The molecule has 0 fully saturated rings. The van der Waals surface area contributed by atoms with Gasteiger partial charge in [0.2, 0.25) is 0 Å². The van der Waals surface area contributed by atoms with Gasteiger partial charge in [-0.2, -0.15) is 0 Å². The van der Waals surface area contributed by atoms with Gasteiger partial charge < -0.3 is 10.5 Å². The average molecular weight is 250 g/mol. The number of nitrogens with zero attached hydrogens (tertiary/aromatic N) is 1. The van der Waals surface area contributed by atoms with Gasteiger partial charge in [0.1, 0.15) is 5.75 Å². The smallest absolute Gasteiger partial charge is 0.120 e. The van der Waals surface area contributed by atoms with E-state index in [1.807, 2.05) is 12.1 Å². The van der Waals surface area contributed by atoms with E-state index < -0.39 is 0 Å². The summed E-state index contributed by atoms with van der Waals surface area (Å²) in [7, 11) is 0. The van der Waals surface area contributed by atoms with Crippen LogP contribution in [0.2, 0.25) is 0 Å². The summed E-state index contributed by atoms with van der Waals surface area (Å²) in [5.41, 5.74) is 6.51. The predicted molar refractivity (Wildman–Crippen MR) is 72.8 cm³/mol. The Kier molecular flexibility index (Phi) is 4.34. The maximum atomic E-state index is 5.62. The number of aryl methyl sites for hydroxylation is 1. The van der Waals surface area contributed by atoms with E-state index in [0.717, 1.165) is 30.5 Å². The first-order chi connectivity index (χ1) is 8.33.